The number of benzene rings is 2. The average molecular weight is 446 g/mol. The van der Waals surface area contributed by atoms with Crippen LogP contribution in [0.15, 0.2) is 60.1 Å². The number of thiazole rings is 1. The molecule has 0 atom stereocenters. The molecule has 0 aliphatic carbocycles. The largest absolute Gasteiger partial charge is 0.573 e. The first-order chi connectivity index (χ1) is 14.9. The van der Waals surface area contributed by atoms with Gasteiger partial charge in [-0.05, 0) is 42.3 Å². The molecule has 6 nitrogen and oxygen atoms in total. The number of hydrogen-bond acceptors (Lipinski definition) is 5. The number of anilines is 2. The van der Waals surface area contributed by atoms with Gasteiger partial charge in [-0.15, -0.1) is 24.5 Å². The lowest BCUT2D eigenvalue weighted by molar-refractivity contribution is -0.274. The molecule has 4 aromatic rings. The lowest BCUT2D eigenvalue weighted by Crippen LogP contribution is -2.25. The van der Waals surface area contributed by atoms with Gasteiger partial charge in [-0.2, -0.15) is 0 Å². The number of rotatable bonds is 7. The summed E-state index contributed by atoms with van der Waals surface area (Å²) < 4.78 is 40.5. The van der Waals surface area contributed by atoms with Crippen molar-refractivity contribution < 1.29 is 22.7 Å². The Morgan fingerprint density at radius 1 is 1.13 bits per heavy atom. The lowest BCUT2D eigenvalue weighted by atomic mass is 10.1. The van der Waals surface area contributed by atoms with E-state index in [0.717, 1.165) is 16.5 Å². The molecule has 0 fully saturated rings. The van der Waals surface area contributed by atoms with E-state index in [2.05, 4.69) is 25.3 Å². The van der Waals surface area contributed by atoms with E-state index in [1.165, 1.54) is 35.6 Å². The summed E-state index contributed by atoms with van der Waals surface area (Å²) in [6.45, 7) is 0.460. The second kappa shape index (κ2) is 8.68. The number of amides is 1. The maximum atomic E-state index is 12.4. The topological polar surface area (TPSA) is 79.0 Å². The zero-order valence-electron chi connectivity index (χ0n) is 16.0. The van der Waals surface area contributed by atoms with Crippen molar-refractivity contribution >= 4 is 39.0 Å². The van der Waals surface area contributed by atoms with E-state index in [1.54, 1.807) is 5.38 Å². The standard InChI is InChI=1S/C21H17F3N4O2S/c22-21(23,24)30-15-7-5-14(6-8-15)27-20-28-18(12-31-20)19(29)25-10-9-13-11-26-17-4-2-1-3-16(13)17/h1-8,11-12,26H,9-10H2,(H,25,29)(H,27,28). The van der Waals surface area contributed by atoms with Crippen molar-refractivity contribution in [3.8, 4) is 5.75 Å². The van der Waals surface area contributed by atoms with Crippen LogP contribution in [0.4, 0.5) is 24.0 Å². The predicted octanol–water partition coefficient (Wildman–Crippen LogP) is 5.24. The molecule has 160 valence electrons. The molecule has 4 rings (SSSR count). The van der Waals surface area contributed by atoms with Crippen LogP contribution in [-0.4, -0.2) is 28.8 Å². The van der Waals surface area contributed by atoms with Gasteiger partial charge >= 0.3 is 6.36 Å². The molecule has 2 heterocycles. The predicted molar refractivity (Wildman–Crippen MR) is 113 cm³/mol. The maximum Gasteiger partial charge on any atom is 0.573 e. The van der Waals surface area contributed by atoms with Gasteiger partial charge in [0.15, 0.2) is 5.13 Å². The highest BCUT2D eigenvalue weighted by Gasteiger charge is 2.30. The van der Waals surface area contributed by atoms with Crippen LogP contribution in [0.5, 0.6) is 5.75 Å². The SMILES string of the molecule is O=C(NCCc1c[nH]c2ccccc12)c1csc(Nc2ccc(OC(F)(F)F)cc2)n1. The van der Waals surface area contributed by atoms with Crippen molar-refractivity contribution in [3.63, 3.8) is 0 Å². The Balaban J connectivity index is 1.30. The molecular formula is C21H17F3N4O2S. The summed E-state index contributed by atoms with van der Waals surface area (Å²) in [6, 6.07) is 13.2. The molecule has 0 saturated carbocycles. The minimum Gasteiger partial charge on any atom is -0.406 e. The Labute approximate surface area is 179 Å². The molecule has 0 radical (unpaired) electrons. The first kappa shape index (κ1) is 20.7. The van der Waals surface area contributed by atoms with Gasteiger partial charge in [0.1, 0.15) is 11.4 Å². The summed E-state index contributed by atoms with van der Waals surface area (Å²) in [6.07, 6.45) is -2.12. The van der Waals surface area contributed by atoms with Gasteiger partial charge in [0, 0.05) is 34.7 Å². The molecule has 31 heavy (non-hydrogen) atoms. The Hall–Kier alpha value is -3.53. The number of alkyl halides is 3. The fourth-order valence-corrected chi connectivity index (χ4v) is 3.75. The molecule has 0 unspecified atom stereocenters. The fraction of sp³-hybridized carbons (Fsp3) is 0.143. The van der Waals surface area contributed by atoms with E-state index < -0.39 is 6.36 Å². The Bertz CT molecular complexity index is 1190. The third-order valence-corrected chi connectivity index (χ3v) is 5.19. The molecule has 10 heteroatoms. The molecule has 2 aromatic heterocycles. The summed E-state index contributed by atoms with van der Waals surface area (Å²) in [5, 5.41) is 9.00. The minimum atomic E-state index is -4.74. The number of aromatic amines is 1. The van der Waals surface area contributed by atoms with Crippen LogP contribution in [0.3, 0.4) is 0 Å². The molecule has 0 aliphatic rings. The number of fused-ring (bicyclic) bond motifs is 1. The van der Waals surface area contributed by atoms with E-state index in [4.69, 9.17) is 0 Å². The minimum absolute atomic E-state index is 0.267. The van der Waals surface area contributed by atoms with E-state index in [-0.39, 0.29) is 17.4 Å². The number of nitrogens with one attached hydrogen (secondary N) is 3. The highest BCUT2D eigenvalue weighted by molar-refractivity contribution is 7.14. The van der Waals surface area contributed by atoms with Crippen molar-refractivity contribution in [1.82, 2.24) is 15.3 Å². The zero-order valence-corrected chi connectivity index (χ0v) is 16.8. The summed E-state index contributed by atoms with van der Waals surface area (Å²) in [5.41, 5.74) is 2.96. The molecule has 0 bridgehead atoms. The van der Waals surface area contributed by atoms with Gasteiger partial charge in [0.2, 0.25) is 0 Å². The normalized spacial score (nSPS) is 11.5. The Morgan fingerprint density at radius 2 is 1.90 bits per heavy atom. The third kappa shape index (κ3) is 5.34. The van der Waals surface area contributed by atoms with Gasteiger partial charge in [-0.3, -0.25) is 4.79 Å². The Morgan fingerprint density at radius 3 is 2.68 bits per heavy atom. The number of ether oxygens (including phenoxy) is 1. The van der Waals surface area contributed by atoms with Gasteiger partial charge < -0.3 is 20.4 Å². The number of hydrogen-bond donors (Lipinski definition) is 3. The number of carbonyl (C=O) groups is 1. The number of halogens is 3. The van der Waals surface area contributed by atoms with E-state index in [1.807, 2.05) is 30.5 Å². The number of aromatic nitrogens is 2. The summed E-state index contributed by atoms with van der Waals surface area (Å²) in [4.78, 5) is 19.8. The number of H-pyrrole nitrogens is 1. The molecule has 0 spiro atoms. The van der Waals surface area contributed by atoms with Crippen LogP contribution in [0.1, 0.15) is 16.1 Å². The highest BCUT2D eigenvalue weighted by Crippen LogP contribution is 2.26. The van der Waals surface area contributed by atoms with Crippen molar-refractivity contribution in [2.75, 3.05) is 11.9 Å². The first-order valence-electron chi connectivity index (χ1n) is 9.29. The summed E-state index contributed by atoms with van der Waals surface area (Å²) in [7, 11) is 0. The highest BCUT2D eigenvalue weighted by atomic mass is 32.1. The molecule has 2 aromatic carbocycles. The van der Waals surface area contributed by atoms with Crippen LogP contribution in [0.25, 0.3) is 10.9 Å². The summed E-state index contributed by atoms with van der Waals surface area (Å²) in [5.74, 6) is -0.606. The molecule has 0 saturated heterocycles. The molecule has 1 amide bonds. The van der Waals surface area contributed by atoms with Crippen LogP contribution < -0.4 is 15.4 Å². The number of para-hydroxylation sites is 1. The summed E-state index contributed by atoms with van der Waals surface area (Å²) >= 11 is 1.22. The second-order valence-electron chi connectivity index (χ2n) is 6.60. The van der Waals surface area contributed by atoms with Crippen LogP contribution in [-0.2, 0) is 6.42 Å². The van der Waals surface area contributed by atoms with Crippen molar-refractivity contribution in [2.24, 2.45) is 0 Å². The average Bonchev–Trinajstić information content (AvgIpc) is 3.36. The second-order valence-corrected chi connectivity index (χ2v) is 7.46. The molecule has 3 N–H and O–H groups in total. The van der Waals surface area contributed by atoms with Crippen LogP contribution in [0.2, 0.25) is 0 Å². The third-order valence-electron chi connectivity index (χ3n) is 4.43. The van der Waals surface area contributed by atoms with Crippen molar-refractivity contribution in [1.29, 1.82) is 0 Å². The van der Waals surface area contributed by atoms with Crippen molar-refractivity contribution in [3.05, 3.63) is 71.4 Å². The van der Waals surface area contributed by atoms with Crippen LogP contribution >= 0.6 is 11.3 Å². The molecular weight excluding hydrogens is 429 g/mol. The van der Waals surface area contributed by atoms with E-state index in [0.29, 0.717) is 23.8 Å². The lowest BCUT2D eigenvalue weighted by Gasteiger charge is -2.09. The number of carbonyl (C=O) groups excluding carboxylic acids is 1. The van der Waals surface area contributed by atoms with Crippen LogP contribution in [0, 0.1) is 0 Å². The van der Waals surface area contributed by atoms with Gasteiger partial charge in [-0.25, -0.2) is 4.98 Å². The number of nitrogens with zero attached hydrogens (tertiary/aromatic N) is 1. The van der Waals surface area contributed by atoms with Crippen molar-refractivity contribution in [2.45, 2.75) is 12.8 Å². The quantitative estimate of drug-likeness (QED) is 0.363. The van der Waals surface area contributed by atoms with Gasteiger partial charge in [0.05, 0.1) is 0 Å². The van der Waals surface area contributed by atoms with Gasteiger partial charge in [0.25, 0.3) is 5.91 Å². The van der Waals surface area contributed by atoms with Gasteiger partial charge in [-0.1, -0.05) is 18.2 Å². The zero-order chi connectivity index (χ0) is 21.8. The maximum absolute atomic E-state index is 12.4. The smallest absolute Gasteiger partial charge is 0.406 e. The van der Waals surface area contributed by atoms with E-state index in [9.17, 15) is 18.0 Å². The monoisotopic (exact) mass is 446 g/mol. The first-order valence-corrected chi connectivity index (χ1v) is 10.2. The molecule has 0 aliphatic heterocycles. The Kier molecular flexibility index (Phi) is 5.81. The fourth-order valence-electron chi connectivity index (χ4n) is 3.04. The van der Waals surface area contributed by atoms with E-state index >= 15 is 0 Å².